The minimum absolute atomic E-state index is 0.0221. The van der Waals surface area contributed by atoms with Gasteiger partial charge in [-0.25, -0.2) is 4.68 Å². The van der Waals surface area contributed by atoms with Crippen LogP contribution in [-0.2, 0) is 6.54 Å². The Morgan fingerprint density at radius 3 is 3.00 bits per heavy atom. The standard InChI is InChI=1S/C8H13N3O2/c1-6(5-12)4-11-8(13)2-7(9)3-10-11/h2-3,6,12H,4-5,9H2,1H3. The number of aromatic nitrogens is 2. The first-order chi connectivity index (χ1) is 6.13. The molecular weight excluding hydrogens is 170 g/mol. The quantitative estimate of drug-likeness (QED) is 0.659. The SMILES string of the molecule is CC(CO)Cn1ncc(N)cc1=O. The zero-order valence-corrected chi connectivity index (χ0v) is 7.47. The minimum Gasteiger partial charge on any atom is -0.397 e. The summed E-state index contributed by atoms with van der Waals surface area (Å²) in [7, 11) is 0. The number of hydrogen-bond acceptors (Lipinski definition) is 4. The largest absolute Gasteiger partial charge is 0.397 e. The topological polar surface area (TPSA) is 81.1 Å². The first-order valence-corrected chi connectivity index (χ1v) is 4.07. The van der Waals surface area contributed by atoms with Gasteiger partial charge in [0.1, 0.15) is 0 Å². The average Bonchev–Trinajstić information content (AvgIpc) is 2.09. The molecule has 1 unspecified atom stereocenters. The summed E-state index contributed by atoms with van der Waals surface area (Å²) in [6.45, 7) is 2.29. The van der Waals surface area contributed by atoms with Gasteiger partial charge in [0.15, 0.2) is 0 Å². The van der Waals surface area contributed by atoms with E-state index < -0.39 is 0 Å². The van der Waals surface area contributed by atoms with E-state index >= 15 is 0 Å². The van der Waals surface area contributed by atoms with Gasteiger partial charge >= 0.3 is 0 Å². The number of rotatable bonds is 3. The summed E-state index contributed by atoms with van der Waals surface area (Å²) < 4.78 is 1.29. The maximum atomic E-state index is 11.2. The van der Waals surface area contributed by atoms with E-state index in [1.165, 1.54) is 16.9 Å². The summed E-state index contributed by atoms with van der Waals surface area (Å²) in [5, 5.41) is 12.6. The lowest BCUT2D eigenvalue weighted by Crippen LogP contribution is -2.26. The first-order valence-electron chi connectivity index (χ1n) is 4.07. The molecule has 0 radical (unpaired) electrons. The molecule has 0 spiro atoms. The summed E-state index contributed by atoms with van der Waals surface area (Å²) in [5.41, 5.74) is 5.49. The van der Waals surface area contributed by atoms with Crippen LogP contribution in [0.25, 0.3) is 0 Å². The Kier molecular flexibility index (Phi) is 3.02. The second-order valence-electron chi connectivity index (χ2n) is 3.10. The maximum Gasteiger partial charge on any atom is 0.268 e. The van der Waals surface area contributed by atoms with Crippen LogP contribution in [0.3, 0.4) is 0 Å². The van der Waals surface area contributed by atoms with Crippen molar-refractivity contribution in [1.82, 2.24) is 9.78 Å². The summed E-state index contributed by atoms with van der Waals surface area (Å²) in [5.74, 6) is 0.0221. The van der Waals surface area contributed by atoms with Gasteiger partial charge in [-0.15, -0.1) is 0 Å². The van der Waals surface area contributed by atoms with Crippen LogP contribution in [0.1, 0.15) is 6.92 Å². The Bertz CT molecular complexity index is 334. The van der Waals surface area contributed by atoms with Crippen LogP contribution in [0, 0.1) is 5.92 Å². The van der Waals surface area contributed by atoms with Gasteiger partial charge < -0.3 is 10.8 Å². The second kappa shape index (κ2) is 4.04. The predicted molar refractivity (Wildman–Crippen MR) is 49.2 cm³/mol. The van der Waals surface area contributed by atoms with Crippen molar-refractivity contribution in [3.63, 3.8) is 0 Å². The van der Waals surface area contributed by atoms with Gasteiger partial charge in [0.05, 0.1) is 11.9 Å². The van der Waals surface area contributed by atoms with E-state index in [-0.39, 0.29) is 18.1 Å². The molecule has 1 atom stereocenters. The summed E-state index contributed by atoms with van der Waals surface area (Å²) in [6.07, 6.45) is 1.42. The third kappa shape index (κ3) is 2.55. The highest BCUT2D eigenvalue weighted by Gasteiger charge is 2.03. The molecule has 0 aliphatic heterocycles. The molecule has 5 heteroatoms. The summed E-state index contributed by atoms with van der Waals surface area (Å²) in [4.78, 5) is 11.2. The molecule has 0 fully saturated rings. The lowest BCUT2D eigenvalue weighted by molar-refractivity contribution is 0.217. The lowest BCUT2D eigenvalue weighted by Gasteiger charge is -2.08. The van der Waals surface area contributed by atoms with Crippen molar-refractivity contribution < 1.29 is 5.11 Å². The van der Waals surface area contributed by atoms with Crippen molar-refractivity contribution in [2.24, 2.45) is 5.92 Å². The van der Waals surface area contributed by atoms with Gasteiger partial charge in [0.25, 0.3) is 5.56 Å². The van der Waals surface area contributed by atoms with Crippen LogP contribution >= 0.6 is 0 Å². The fourth-order valence-corrected chi connectivity index (χ4v) is 0.938. The van der Waals surface area contributed by atoms with E-state index in [9.17, 15) is 4.79 Å². The van der Waals surface area contributed by atoms with Crippen molar-refractivity contribution in [3.8, 4) is 0 Å². The predicted octanol–water partition coefficient (Wildman–Crippen LogP) is -0.546. The van der Waals surface area contributed by atoms with E-state index in [4.69, 9.17) is 10.8 Å². The second-order valence-corrected chi connectivity index (χ2v) is 3.10. The lowest BCUT2D eigenvalue weighted by atomic mass is 10.2. The molecule has 0 aliphatic rings. The fourth-order valence-electron chi connectivity index (χ4n) is 0.938. The van der Waals surface area contributed by atoms with Crippen molar-refractivity contribution in [3.05, 3.63) is 22.6 Å². The van der Waals surface area contributed by atoms with Gasteiger partial charge in [-0.05, 0) is 5.92 Å². The van der Waals surface area contributed by atoms with E-state index in [1.807, 2.05) is 6.92 Å². The Morgan fingerprint density at radius 2 is 2.46 bits per heavy atom. The molecule has 0 bridgehead atoms. The number of nitrogens with zero attached hydrogens (tertiary/aromatic N) is 2. The maximum absolute atomic E-state index is 11.2. The van der Waals surface area contributed by atoms with Crippen LogP contribution in [-0.4, -0.2) is 21.5 Å². The molecule has 1 rings (SSSR count). The van der Waals surface area contributed by atoms with Gasteiger partial charge in [0, 0.05) is 19.2 Å². The van der Waals surface area contributed by atoms with Gasteiger partial charge in [-0.2, -0.15) is 5.10 Å². The Hall–Kier alpha value is -1.36. The zero-order valence-electron chi connectivity index (χ0n) is 7.47. The molecule has 0 aliphatic carbocycles. The molecule has 3 N–H and O–H groups in total. The van der Waals surface area contributed by atoms with Crippen LogP contribution in [0.15, 0.2) is 17.1 Å². The van der Waals surface area contributed by atoms with E-state index in [1.54, 1.807) is 0 Å². The van der Waals surface area contributed by atoms with Crippen molar-refractivity contribution >= 4 is 5.69 Å². The highest BCUT2D eigenvalue weighted by Crippen LogP contribution is 1.96. The summed E-state index contributed by atoms with van der Waals surface area (Å²) in [6, 6.07) is 1.32. The van der Waals surface area contributed by atoms with Crippen molar-refractivity contribution in [2.45, 2.75) is 13.5 Å². The van der Waals surface area contributed by atoms with Gasteiger partial charge in [-0.1, -0.05) is 6.92 Å². The Morgan fingerprint density at radius 1 is 1.77 bits per heavy atom. The molecule has 1 aromatic heterocycles. The molecule has 1 heterocycles. The molecular formula is C8H13N3O2. The molecule has 1 aromatic rings. The Balaban J connectivity index is 2.84. The third-order valence-electron chi connectivity index (χ3n) is 1.69. The van der Waals surface area contributed by atoms with E-state index in [0.29, 0.717) is 12.2 Å². The van der Waals surface area contributed by atoms with Crippen LogP contribution < -0.4 is 11.3 Å². The number of aliphatic hydroxyl groups is 1. The van der Waals surface area contributed by atoms with Crippen LogP contribution in [0.2, 0.25) is 0 Å². The third-order valence-corrected chi connectivity index (χ3v) is 1.69. The highest BCUT2D eigenvalue weighted by atomic mass is 16.3. The minimum atomic E-state index is -0.236. The van der Waals surface area contributed by atoms with E-state index in [0.717, 1.165) is 0 Å². The highest BCUT2D eigenvalue weighted by molar-refractivity contribution is 5.31. The van der Waals surface area contributed by atoms with Crippen molar-refractivity contribution in [1.29, 1.82) is 0 Å². The van der Waals surface area contributed by atoms with Crippen LogP contribution in [0.5, 0.6) is 0 Å². The van der Waals surface area contributed by atoms with Crippen LogP contribution in [0.4, 0.5) is 5.69 Å². The zero-order chi connectivity index (χ0) is 9.84. The number of nitrogens with two attached hydrogens (primary N) is 1. The number of hydrogen-bond donors (Lipinski definition) is 2. The monoisotopic (exact) mass is 183 g/mol. The number of nitrogen functional groups attached to an aromatic ring is 1. The first kappa shape index (κ1) is 9.73. The van der Waals surface area contributed by atoms with Gasteiger partial charge in [0.2, 0.25) is 0 Å². The fraction of sp³-hybridized carbons (Fsp3) is 0.500. The van der Waals surface area contributed by atoms with Gasteiger partial charge in [-0.3, -0.25) is 4.79 Å². The molecule has 0 saturated carbocycles. The number of anilines is 1. The summed E-state index contributed by atoms with van der Waals surface area (Å²) >= 11 is 0. The van der Waals surface area contributed by atoms with E-state index in [2.05, 4.69) is 5.10 Å². The number of aliphatic hydroxyl groups excluding tert-OH is 1. The normalized spacial score (nSPS) is 12.8. The smallest absolute Gasteiger partial charge is 0.268 e. The Labute approximate surface area is 75.8 Å². The molecule has 0 saturated heterocycles. The molecule has 0 amide bonds. The molecule has 72 valence electrons. The molecule has 13 heavy (non-hydrogen) atoms. The average molecular weight is 183 g/mol. The molecule has 5 nitrogen and oxygen atoms in total. The van der Waals surface area contributed by atoms with Crippen molar-refractivity contribution in [2.75, 3.05) is 12.3 Å². The molecule has 0 aromatic carbocycles.